The molecule has 5 nitrogen and oxygen atoms in total. The van der Waals surface area contributed by atoms with Gasteiger partial charge in [0.25, 0.3) is 0 Å². The molecular formula is C20H31N3O2. The lowest BCUT2D eigenvalue weighted by molar-refractivity contribution is -0.136. The van der Waals surface area contributed by atoms with Crippen molar-refractivity contribution >= 4 is 11.8 Å². The molecular weight excluding hydrogens is 314 g/mol. The zero-order valence-corrected chi connectivity index (χ0v) is 15.5. The van der Waals surface area contributed by atoms with Crippen molar-refractivity contribution < 1.29 is 9.59 Å². The molecule has 1 fully saturated rings. The van der Waals surface area contributed by atoms with Gasteiger partial charge < -0.3 is 16.0 Å². The highest BCUT2D eigenvalue weighted by Gasteiger charge is 2.29. The van der Waals surface area contributed by atoms with Crippen LogP contribution in [-0.2, 0) is 9.59 Å². The Kier molecular flexibility index (Phi) is 7.44. The van der Waals surface area contributed by atoms with Gasteiger partial charge in [0.05, 0.1) is 5.92 Å². The molecule has 0 aliphatic carbocycles. The van der Waals surface area contributed by atoms with Gasteiger partial charge in [0.1, 0.15) is 0 Å². The molecule has 2 amide bonds. The lowest BCUT2D eigenvalue weighted by atomic mass is 9.91. The van der Waals surface area contributed by atoms with Crippen molar-refractivity contribution in [1.82, 2.24) is 10.2 Å². The van der Waals surface area contributed by atoms with Crippen molar-refractivity contribution in [3.63, 3.8) is 0 Å². The average molecular weight is 345 g/mol. The summed E-state index contributed by atoms with van der Waals surface area (Å²) in [5.41, 5.74) is 7.88. The van der Waals surface area contributed by atoms with Crippen LogP contribution in [0, 0.1) is 12.8 Å². The molecule has 1 aromatic carbocycles. The maximum Gasteiger partial charge on any atom is 0.224 e. The summed E-state index contributed by atoms with van der Waals surface area (Å²) in [5.74, 6) is 0.306. The van der Waals surface area contributed by atoms with Crippen LogP contribution in [0.25, 0.3) is 0 Å². The third kappa shape index (κ3) is 5.56. The number of hydrogen-bond acceptors (Lipinski definition) is 3. The molecule has 138 valence electrons. The Morgan fingerprint density at radius 1 is 1.32 bits per heavy atom. The molecule has 0 radical (unpaired) electrons. The first-order valence-corrected chi connectivity index (χ1v) is 9.37. The normalized spacial score (nSPS) is 18.7. The summed E-state index contributed by atoms with van der Waals surface area (Å²) >= 11 is 0. The van der Waals surface area contributed by atoms with Crippen LogP contribution < -0.4 is 11.1 Å². The lowest BCUT2D eigenvalue weighted by Crippen LogP contribution is -2.46. The number of likely N-dealkylation sites (tertiary alicyclic amines) is 1. The highest BCUT2D eigenvalue weighted by atomic mass is 16.2. The van der Waals surface area contributed by atoms with Crippen LogP contribution in [-0.4, -0.2) is 42.9 Å². The van der Waals surface area contributed by atoms with E-state index in [9.17, 15) is 9.59 Å². The molecule has 0 spiro atoms. The number of hydrogen-bond donors (Lipinski definition) is 2. The summed E-state index contributed by atoms with van der Waals surface area (Å²) in [7, 11) is 0. The predicted octanol–water partition coefficient (Wildman–Crippen LogP) is 2.19. The fourth-order valence-electron chi connectivity index (χ4n) is 3.43. The third-order valence-electron chi connectivity index (χ3n) is 5.05. The van der Waals surface area contributed by atoms with Gasteiger partial charge in [-0.2, -0.15) is 0 Å². The van der Waals surface area contributed by atoms with Gasteiger partial charge in [0, 0.05) is 32.6 Å². The van der Waals surface area contributed by atoms with Crippen LogP contribution in [0.4, 0.5) is 0 Å². The number of amides is 2. The number of nitrogens with two attached hydrogens (primary N) is 1. The smallest absolute Gasteiger partial charge is 0.224 e. The molecule has 5 heteroatoms. The summed E-state index contributed by atoms with van der Waals surface area (Å²) in [6.07, 6.45) is 3.17. The Balaban J connectivity index is 1.94. The minimum absolute atomic E-state index is 0.0218. The van der Waals surface area contributed by atoms with Crippen molar-refractivity contribution in [3.8, 4) is 0 Å². The first-order chi connectivity index (χ1) is 12.0. The van der Waals surface area contributed by atoms with Crippen molar-refractivity contribution in [2.45, 2.75) is 45.4 Å². The molecule has 0 saturated carbocycles. The fourth-order valence-corrected chi connectivity index (χ4v) is 3.43. The second-order valence-corrected chi connectivity index (χ2v) is 6.98. The first kappa shape index (κ1) is 19.4. The second kappa shape index (κ2) is 9.56. The number of carbonyl (C=O) groups excluding carboxylic acids is 2. The van der Waals surface area contributed by atoms with E-state index in [0.29, 0.717) is 26.1 Å². The van der Waals surface area contributed by atoms with Gasteiger partial charge in [-0.15, -0.1) is 0 Å². The maximum atomic E-state index is 12.8. The molecule has 3 N–H and O–H groups in total. The summed E-state index contributed by atoms with van der Waals surface area (Å²) in [5, 5.41) is 2.84. The van der Waals surface area contributed by atoms with Crippen LogP contribution >= 0.6 is 0 Å². The largest absolute Gasteiger partial charge is 0.355 e. The highest BCUT2D eigenvalue weighted by Crippen LogP contribution is 2.26. The standard InChI is InChI=1S/C20H31N3O2/c1-3-16(17-8-6-15(2)7-9-17)13-19(24)23-12-4-5-18(14-23)20(25)22-11-10-21/h6-9,16,18H,3-5,10-14,21H2,1-2H3,(H,22,25). The topological polar surface area (TPSA) is 75.4 Å². The molecule has 2 rings (SSSR count). The zero-order valence-electron chi connectivity index (χ0n) is 15.5. The van der Waals surface area contributed by atoms with Gasteiger partial charge in [-0.25, -0.2) is 0 Å². The monoisotopic (exact) mass is 345 g/mol. The molecule has 1 aliphatic heterocycles. The number of piperidine rings is 1. The van der Waals surface area contributed by atoms with Crippen LogP contribution in [0.2, 0.25) is 0 Å². The average Bonchev–Trinajstić information content (AvgIpc) is 2.64. The van der Waals surface area contributed by atoms with Crippen LogP contribution in [0.3, 0.4) is 0 Å². The highest BCUT2D eigenvalue weighted by molar-refractivity contribution is 5.81. The molecule has 2 atom stereocenters. The van der Waals surface area contributed by atoms with Crippen molar-refractivity contribution in [3.05, 3.63) is 35.4 Å². The van der Waals surface area contributed by atoms with E-state index in [4.69, 9.17) is 5.73 Å². The molecule has 0 bridgehead atoms. The Hall–Kier alpha value is -1.88. The fraction of sp³-hybridized carbons (Fsp3) is 0.600. The van der Waals surface area contributed by atoms with E-state index in [1.54, 1.807) is 0 Å². The van der Waals surface area contributed by atoms with E-state index in [1.165, 1.54) is 11.1 Å². The van der Waals surface area contributed by atoms with E-state index in [1.807, 2.05) is 4.90 Å². The number of benzene rings is 1. The van der Waals surface area contributed by atoms with Gasteiger partial charge in [-0.3, -0.25) is 9.59 Å². The number of rotatable bonds is 7. The number of carbonyl (C=O) groups is 2. The molecule has 1 heterocycles. The maximum absolute atomic E-state index is 12.8. The van der Waals surface area contributed by atoms with Gasteiger partial charge in [-0.1, -0.05) is 36.8 Å². The number of aryl methyl sites for hydroxylation is 1. The zero-order chi connectivity index (χ0) is 18.2. The van der Waals surface area contributed by atoms with Gasteiger partial charge in [0.15, 0.2) is 0 Å². The van der Waals surface area contributed by atoms with Crippen LogP contribution in [0.5, 0.6) is 0 Å². The Labute approximate surface area is 151 Å². The van der Waals surface area contributed by atoms with Gasteiger partial charge in [-0.05, 0) is 37.7 Å². The molecule has 0 aromatic heterocycles. The quantitative estimate of drug-likeness (QED) is 0.795. The number of nitrogens with zero attached hydrogens (tertiary/aromatic N) is 1. The summed E-state index contributed by atoms with van der Waals surface area (Å²) < 4.78 is 0. The molecule has 2 unspecified atom stereocenters. The van der Waals surface area contributed by atoms with Crippen LogP contribution in [0.15, 0.2) is 24.3 Å². The molecule has 25 heavy (non-hydrogen) atoms. The van der Waals surface area contributed by atoms with Gasteiger partial charge >= 0.3 is 0 Å². The van der Waals surface area contributed by atoms with Gasteiger partial charge in [0.2, 0.25) is 11.8 Å². The molecule has 1 saturated heterocycles. The second-order valence-electron chi connectivity index (χ2n) is 6.98. The summed E-state index contributed by atoms with van der Waals surface area (Å²) in [6, 6.07) is 8.44. The third-order valence-corrected chi connectivity index (χ3v) is 5.05. The minimum Gasteiger partial charge on any atom is -0.355 e. The first-order valence-electron chi connectivity index (χ1n) is 9.37. The van der Waals surface area contributed by atoms with Crippen LogP contribution in [0.1, 0.15) is 49.7 Å². The van der Waals surface area contributed by atoms with E-state index in [-0.39, 0.29) is 23.7 Å². The van der Waals surface area contributed by atoms with E-state index >= 15 is 0 Å². The van der Waals surface area contributed by atoms with Crippen molar-refractivity contribution in [1.29, 1.82) is 0 Å². The number of nitrogens with one attached hydrogen (secondary N) is 1. The Morgan fingerprint density at radius 3 is 2.68 bits per heavy atom. The molecule has 1 aliphatic rings. The SMILES string of the molecule is CCC(CC(=O)N1CCCC(C(=O)NCCN)C1)c1ccc(C)cc1. The summed E-state index contributed by atoms with van der Waals surface area (Å²) in [4.78, 5) is 26.8. The Morgan fingerprint density at radius 2 is 2.04 bits per heavy atom. The predicted molar refractivity (Wildman–Crippen MR) is 100 cm³/mol. The lowest BCUT2D eigenvalue weighted by Gasteiger charge is -2.33. The summed E-state index contributed by atoms with van der Waals surface area (Å²) in [6.45, 7) is 6.41. The van der Waals surface area contributed by atoms with E-state index in [2.05, 4.69) is 43.4 Å². The minimum atomic E-state index is -0.108. The molecule has 1 aromatic rings. The van der Waals surface area contributed by atoms with E-state index in [0.717, 1.165) is 25.8 Å². The van der Waals surface area contributed by atoms with E-state index < -0.39 is 0 Å². The van der Waals surface area contributed by atoms with Crippen molar-refractivity contribution in [2.24, 2.45) is 11.7 Å². The Bertz CT molecular complexity index is 571. The van der Waals surface area contributed by atoms with Crippen molar-refractivity contribution in [2.75, 3.05) is 26.2 Å².